The molecule has 11 heavy (non-hydrogen) atoms. The minimum absolute atomic E-state index is 0.180. The zero-order valence-electron chi connectivity index (χ0n) is 6.35. The Morgan fingerprint density at radius 1 is 1.64 bits per heavy atom. The third kappa shape index (κ3) is 2.00. The molecular formula is C7H11N3O. The molecule has 1 aromatic heterocycles. The highest BCUT2D eigenvalue weighted by atomic mass is 16.1. The summed E-state index contributed by atoms with van der Waals surface area (Å²) in [5, 5.41) is 2.99. The quantitative estimate of drug-likeness (QED) is 0.575. The van der Waals surface area contributed by atoms with Crippen LogP contribution in [0, 0.1) is 0 Å². The number of anilines is 2. The summed E-state index contributed by atoms with van der Waals surface area (Å²) in [6, 6.07) is 3.16. The monoisotopic (exact) mass is 153 g/mol. The van der Waals surface area contributed by atoms with Gasteiger partial charge in [0.2, 0.25) is 0 Å². The van der Waals surface area contributed by atoms with Crippen molar-refractivity contribution in [2.45, 2.75) is 6.92 Å². The van der Waals surface area contributed by atoms with Crippen molar-refractivity contribution in [2.24, 2.45) is 0 Å². The van der Waals surface area contributed by atoms with E-state index >= 15 is 0 Å². The molecule has 0 radical (unpaired) electrons. The van der Waals surface area contributed by atoms with Gasteiger partial charge >= 0.3 is 0 Å². The molecule has 0 aliphatic heterocycles. The number of H-pyrrole nitrogens is 1. The normalized spacial score (nSPS) is 9.55. The van der Waals surface area contributed by atoms with Crippen LogP contribution in [0.4, 0.5) is 11.5 Å². The molecule has 0 fully saturated rings. The first-order valence-corrected chi connectivity index (χ1v) is 3.46. The summed E-state index contributed by atoms with van der Waals surface area (Å²) in [7, 11) is 0. The Morgan fingerprint density at radius 3 is 2.91 bits per heavy atom. The van der Waals surface area contributed by atoms with Crippen LogP contribution >= 0.6 is 0 Å². The summed E-state index contributed by atoms with van der Waals surface area (Å²) < 4.78 is 0. The number of nitrogen functional groups attached to an aromatic ring is 1. The second kappa shape index (κ2) is 3.09. The summed E-state index contributed by atoms with van der Waals surface area (Å²) in [5.41, 5.74) is 5.97. The van der Waals surface area contributed by atoms with Gasteiger partial charge in [-0.15, -0.1) is 0 Å². The maximum absolute atomic E-state index is 10.8. The third-order valence-corrected chi connectivity index (χ3v) is 1.25. The van der Waals surface area contributed by atoms with Crippen molar-refractivity contribution in [3.05, 3.63) is 22.5 Å². The largest absolute Gasteiger partial charge is 0.385 e. The van der Waals surface area contributed by atoms with Crippen LogP contribution in [0.5, 0.6) is 0 Å². The van der Waals surface area contributed by atoms with Gasteiger partial charge in [-0.25, -0.2) is 0 Å². The van der Waals surface area contributed by atoms with Crippen molar-refractivity contribution in [1.82, 2.24) is 4.98 Å². The summed E-state index contributed by atoms with van der Waals surface area (Å²) in [4.78, 5) is 13.3. The molecule has 1 rings (SSSR count). The van der Waals surface area contributed by atoms with E-state index in [1.807, 2.05) is 6.92 Å². The van der Waals surface area contributed by atoms with Gasteiger partial charge in [0.1, 0.15) is 5.82 Å². The Kier molecular flexibility index (Phi) is 2.15. The Bertz CT molecular complexity index is 292. The van der Waals surface area contributed by atoms with Crippen molar-refractivity contribution in [2.75, 3.05) is 17.6 Å². The molecule has 1 aromatic rings. The average Bonchev–Trinajstić information content (AvgIpc) is 1.85. The smallest absolute Gasteiger partial charge is 0.251 e. The Balaban J connectivity index is 2.99. The summed E-state index contributed by atoms with van der Waals surface area (Å²) in [6.45, 7) is 2.74. The Labute approximate surface area is 64.4 Å². The lowest BCUT2D eigenvalue weighted by atomic mass is 10.4. The van der Waals surface area contributed by atoms with Crippen molar-refractivity contribution >= 4 is 11.5 Å². The number of rotatable bonds is 2. The molecule has 0 aromatic carbocycles. The molecule has 0 atom stereocenters. The number of nitrogens with two attached hydrogens (primary N) is 1. The van der Waals surface area contributed by atoms with Crippen molar-refractivity contribution < 1.29 is 0 Å². The van der Waals surface area contributed by atoms with E-state index in [9.17, 15) is 4.79 Å². The minimum atomic E-state index is -0.180. The van der Waals surface area contributed by atoms with Crippen LogP contribution in [0.25, 0.3) is 0 Å². The fourth-order valence-corrected chi connectivity index (χ4v) is 0.871. The fourth-order valence-electron chi connectivity index (χ4n) is 0.871. The van der Waals surface area contributed by atoms with Gasteiger partial charge in [0.15, 0.2) is 0 Å². The van der Waals surface area contributed by atoms with Crippen LogP contribution in [-0.4, -0.2) is 11.5 Å². The number of aromatic amines is 1. The molecule has 4 N–H and O–H groups in total. The SMILES string of the molecule is CCNc1cc(N)[nH]c(=O)c1. The Morgan fingerprint density at radius 2 is 2.36 bits per heavy atom. The lowest BCUT2D eigenvalue weighted by molar-refractivity contribution is 1.18. The van der Waals surface area contributed by atoms with Crippen molar-refractivity contribution in [3.8, 4) is 0 Å². The van der Waals surface area contributed by atoms with Crippen molar-refractivity contribution in [3.63, 3.8) is 0 Å². The van der Waals surface area contributed by atoms with Crippen LogP contribution in [-0.2, 0) is 0 Å². The number of pyridine rings is 1. The van der Waals surface area contributed by atoms with E-state index in [0.29, 0.717) is 5.82 Å². The van der Waals surface area contributed by atoms with Gasteiger partial charge in [-0.1, -0.05) is 0 Å². The van der Waals surface area contributed by atoms with Gasteiger partial charge < -0.3 is 16.0 Å². The summed E-state index contributed by atoms with van der Waals surface area (Å²) >= 11 is 0. The molecule has 4 nitrogen and oxygen atoms in total. The van der Waals surface area contributed by atoms with Gasteiger partial charge in [-0.3, -0.25) is 4.79 Å². The third-order valence-electron chi connectivity index (χ3n) is 1.25. The number of hydrogen-bond donors (Lipinski definition) is 3. The van der Waals surface area contributed by atoms with E-state index in [4.69, 9.17) is 5.73 Å². The van der Waals surface area contributed by atoms with Gasteiger partial charge in [0.25, 0.3) is 5.56 Å². The average molecular weight is 153 g/mol. The molecule has 1 heterocycles. The highest BCUT2D eigenvalue weighted by Gasteiger charge is 1.92. The van der Waals surface area contributed by atoms with E-state index in [1.54, 1.807) is 6.07 Å². The first-order chi connectivity index (χ1) is 5.22. The van der Waals surface area contributed by atoms with Crippen LogP contribution in [0.15, 0.2) is 16.9 Å². The van der Waals surface area contributed by atoms with Crippen LogP contribution in [0.2, 0.25) is 0 Å². The minimum Gasteiger partial charge on any atom is -0.385 e. The van der Waals surface area contributed by atoms with Gasteiger partial charge in [-0.05, 0) is 6.92 Å². The molecule has 4 heteroatoms. The number of aromatic nitrogens is 1. The highest BCUT2D eigenvalue weighted by Crippen LogP contribution is 2.04. The fraction of sp³-hybridized carbons (Fsp3) is 0.286. The second-order valence-corrected chi connectivity index (χ2v) is 2.22. The molecule has 0 unspecified atom stereocenters. The molecule has 0 spiro atoms. The lowest BCUT2D eigenvalue weighted by Crippen LogP contribution is -2.09. The molecule has 0 bridgehead atoms. The van der Waals surface area contributed by atoms with Crippen LogP contribution in [0.1, 0.15) is 6.92 Å². The van der Waals surface area contributed by atoms with Crippen LogP contribution < -0.4 is 16.6 Å². The van der Waals surface area contributed by atoms with Crippen molar-refractivity contribution in [1.29, 1.82) is 0 Å². The number of nitrogens with one attached hydrogen (secondary N) is 2. The second-order valence-electron chi connectivity index (χ2n) is 2.22. The van der Waals surface area contributed by atoms with Gasteiger partial charge in [-0.2, -0.15) is 0 Å². The first-order valence-electron chi connectivity index (χ1n) is 3.46. The predicted molar refractivity (Wildman–Crippen MR) is 45.6 cm³/mol. The Hall–Kier alpha value is -1.45. The summed E-state index contributed by atoms with van der Waals surface area (Å²) in [6.07, 6.45) is 0. The summed E-state index contributed by atoms with van der Waals surface area (Å²) in [5.74, 6) is 0.383. The van der Waals surface area contributed by atoms with E-state index in [2.05, 4.69) is 10.3 Å². The van der Waals surface area contributed by atoms with E-state index in [-0.39, 0.29) is 5.56 Å². The molecule has 0 aliphatic rings. The lowest BCUT2D eigenvalue weighted by Gasteiger charge is -2.01. The molecule has 0 saturated carbocycles. The maximum atomic E-state index is 10.8. The molecule has 0 saturated heterocycles. The van der Waals surface area contributed by atoms with Crippen LogP contribution in [0.3, 0.4) is 0 Å². The zero-order valence-corrected chi connectivity index (χ0v) is 6.35. The molecule has 60 valence electrons. The molecule has 0 amide bonds. The molecule has 0 aliphatic carbocycles. The maximum Gasteiger partial charge on any atom is 0.251 e. The van der Waals surface area contributed by atoms with Gasteiger partial charge in [0.05, 0.1) is 0 Å². The number of hydrogen-bond acceptors (Lipinski definition) is 3. The standard InChI is InChI=1S/C7H11N3O/c1-2-9-5-3-6(8)10-7(11)4-5/h3-4H,2H2,1H3,(H4,8,9,10,11). The zero-order chi connectivity index (χ0) is 8.27. The van der Waals surface area contributed by atoms with E-state index < -0.39 is 0 Å². The van der Waals surface area contributed by atoms with E-state index in [0.717, 1.165) is 12.2 Å². The van der Waals surface area contributed by atoms with E-state index in [1.165, 1.54) is 6.07 Å². The highest BCUT2D eigenvalue weighted by molar-refractivity contribution is 5.49. The molecular weight excluding hydrogens is 142 g/mol. The predicted octanol–water partition coefficient (Wildman–Crippen LogP) is 0.389. The first kappa shape index (κ1) is 7.65. The van der Waals surface area contributed by atoms with Gasteiger partial charge in [0, 0.05) is 24.4 Å². The topological polar surface area (TPSA) is 70.9 Å².